The summed E-state index contributed by atoms with van der Waals surface area (Å²) in [5, 5.41) is 3.44. The second-order valence-electron chi connectivity index (χ2n) is 4.72. The molecule has 1 aliphatic heterocycles. The summed E-state index contributed by atoms with van der Waals surface area (Å²) in [6.07, 6.45) is 3.69. The lowest BCUT2D eigenvalue weighted by Gasteiger charge is -2.35. The molecule has 0 bridgehead atoms. The van der Waals surface area contributed by atoms with Crippen molar-refractivity contribution >= 4 is 0 Å². The first-order chi connectivity index (χ1) is 7.25. The summed E-state index contributed by atoms with van der Waals surface area (Å²) in [6, 6.07) is 1.02. The molecule has 0 radical (unpaired) electrons. The largest absolute Gasteiger partial charge is 0.312 e. The Labute approximate surface area is 90.0 Å². The van der Waals surface area contributed by atoms with Crippen molar-refractivity contribution in [2.45, 2.75) is 50.6 Å². The maximum atomic E-state index is 12.3. The van der Waals surface area contributed by atoms with E-state index in [-0.39, 0.29) is 6.54 Å². The van der Waals surface area contributed by atoms with Gasteiger partial charge in [0.05, 0.1) is 6.54 Å². The van der Waals surface area contributed by atoms with Gasteiger partial charge in [-0.05, 0) is 32.2 Å². The van der Waals surface area contributed by atoms with E-state index in [0.29, 0.717) is 12.1 Å². The minimum absolute atomic E-state index is 0.0446. The molecule has 2 fully saturated rings. The molecule has 2 nitrogen and oxygen atoms in total. The van der Waals surface area contributed by atoms with Gasteiger partial charge >= 0.3 is 0 Å². The van der Waals surface area contributed by atoms with E-state index in [1.54, 1.807) is 0 Å². The number of alkyl halides is 2. The number of nitrogens with zero attached hydrogens (tertiary/aromatic N) is 1. The van der Waals surface area contributed by atoms with Crippen molar-refractivity contribution in [2.24, 2.45) is 0 Å². The minimum atomic E-state index is -2.19. The molecule has 1 atom stereocenters. The molecule has 1 saturated heterocycles. The number of halogens is 2. The Kier molecular flexibility index (Phi) is 3.92. The van der Waals surface area contributed by atoms with E-state index >= 15 is 0 Å². The molecule has 0 aromatic heterocycles. The molecule has 2 rings (SSSR count). The standard InChI is InChI=1S/C11H20F2N2/c12-11(13)8-15-6-2-1-3-10(15)7-14-9-4-5-9/h9-11,14H,1-8H2. The zero-order chi connectivity index (χ0) is 10.7. The van der Waals surface area contributed by atoms with E-state index in [0.717, 1.165) is 25.9 Å². The summed E-state index contributed by atoms with van der Waals surface area (Å²) in [6.45, 7) is 1.70. The summed E-state index contributed by atoms with van der Waals surface area (Å²) >= 11 is 0. The van der Waals surface area contributed by atoms with Gasteiger partial charge in [0.25, 0.3) is 6.43 Å². The van der Waals surface area contributed by atoms with E-state index in [9.17, 15) is 8.78 Å². The summed E-state index contributed by atoms with van der Waals surface area (Å²) < 4.78 is 24.7. The SMILES string of the molecule is FC(F)CN1CCCCC1CNC1CC1. The van der Waals surface area contributed by atoms with Crippen LogP contribution in [0.1, 0.15) is 32.1 Å². The lowest BCUT2D eigenvalue weighted by atomic mass is 10.0. The van der Waals surface area contributed by atoms with E-state index in [1.165, 1.54) is 19.3 Å². The Morgan fingerprint density at radius 1 is 1.20 bits per heavy atom. The molecule has 2 aliphatic rings. The van der Waals surface area contributed by atoms with Crippen LogP contribution in [0.15, 0.2) is 0 Å². The molecule has 0 amide bonds. The van der Waals surface area contributed by atoms with Gasteiger partial charge in [0.1, 0.15) is 0 Å². The van der Waals surface area contributed by atoms with Gasteiger partial charge in [0.2, 0.25) is 0 Å². The molecule has 88 valence electrons. The van der Waals surface area contributed by atoms with Gasteiger partial charge in [0, 0.05) is 18.6 Å². The van der Waals surface area contributed by atoms with Crippen molar-refractivity contribution in [3.8, 4) is 0 Å². The lowest BCUT2D eigenvalue weighted by Crippen LogP contribution is -2.47. The van der Waals surface area contributed by atoms with E-state index in [2.05, 4.69) is 5.32 Å². The highest BCUT2D eigenvalue weighted by Gasteiger charge is 2.27. The van der Waals surface area contributed by atoms with Crippen molar-refractivity contribution in [3.05, 3.63) is 0 Å². The van der Waals surface area contributed by atoms with Crippen LogP contribution in [0.25, 0.3) is 0 Å². The average molecular weight is 218 g/mol. The van der Waals surface area contributed by atoms with E-state index in [1.807, 2.05) is 4.90 Å². The third-order valence-corrected chi connectivity index (χ3v) is 3.34. The van der Waals surface area contributed by atoms with Crippen molar-refractivity contribution in [2.75, 3.05) is 19.6 Å². The van der Waals surface area contributed by atoms with Gasteiger partial charge in [-0.1, -0.05) is 6.42 Å². The minimum Gasteiger partial charge on any atom is -0.312 e. The summed E-state index contributed by atoms with van der Waals surface area (Å²) in [5.41, 5.74) is 0. The second-order valence-corrected chi connectivity index (χ2v) is 4.72. The molecule has 0 spiro atoms. The quantitative estimate of drug-likeness (QED) is 0.757. The first-order valence-electron chi connectivity index (χ1n) is 6.01. The average Bonchev–Trinajstić information content (AvgIpc) is 2.99. The van der Waals surface area contributed by atoms with Crippen LogP contribution in [-0.4, -0.2) is 43.0 Å². The first kappa shape index (κ1) is 11.3. The zero-order valence-electron chi connectivity index (χ0n) is 9.09. The molecule has 1 saturated carbocycles. The van der Waals surface area contributed by atoms with Crippen LogP contribution < -0.4 is 5.32 Å². The predicted molar refractivity (Wildman–Crippen MR) is 56.2 cm³/mol. The number of hydrogen-bond donors (Lipinski definition) is 1. The van der Waals surface area contributed by atoms with Crippen LogP contribution in [-0.2, 0) is 0 Å². The third kappa shape index (κ3) is 3.68. The normalized spacial score (nSPS) is 28.6. The number of rotatable bonds is 5. The summed E-state index contributed by atoms with van der Waals surface area (Å²) in [4.78, 5) is 1.96. The molecule has 4 heteroatoms. The molecule has 1 N–H and O–H groups in total. The molecular formula is C11H20F2N2. The maximum absolute atomic E-state index is 12.3. The van der Waals surface area contributed by atoms with Crippen LogP contribution in [0, 0.1) is 0 Å². The Morgan fingerprint density at radius 2 is 2.00 bits per heavy atom. The van der Waals surface area contributed by atoms with Crippen LogP contribution in [0.3, 0.4) is 0 Å². The van der Waals surface area contributed by atoms with Crippen molar-refractivity contribution in [1.29, 1.82) is 0 Å². The highest BCUT2D eigenvalue weighted by Crippen LogP contribution is 2.21. The lowest BCUT2D eigenvalue weighted by molar-refractivity contribution is 0.0491. The predicted octanol–water partition coefficient (Wildman–Crippen LogP) is 1.86. The smallest absolute Gasteiger partial charge is 0.251 e. The molecular weight excluding hydrogens is 198 g/mol. The monoisotopic (exact) mass is 218 g/mol. The van der Waals surface area contributed by atoms with Gasteiger partial charge in [-0.2, -0.15) is 0 Å². The number of piperidine rings is 1. The highest BCUT2D eigenvalue weighted by atomic mass is 19.3. The van der Waals surface area contributed by atoms with Crippen molar-refractivity contribution in [3.63, 3.8) is 0 Å². The molecule has 15 heavy (non-hydrogen) atoms. The number of likely N-dealkylation sites (tertiary alicyclic amines) is 1. The van der Waals surface area contributed by atoms with E-state index < -0.39 is 6.43 Å². The van der Waals surface area contributed by atoms with Crippen LogP contribution in [0.4, 0.5) is 8.78 Å². The van der Waals surface area contributed by atoms with Gasteiger partial charge in [-0.25, -0.2) is 8.78 Å². The van der Waals surface area contributed by atoms with Gasteiger partial charge in [-0.15, -0.1) is 0 Å². The topological polar surface area (TPSA) is 15.3 Å². The van der Waals surface area contributed by atoms with Gasteiger partial charge in [-0.3, -0.25) is 4.90 Å². The fourth-order valence-corrected chi connectivity index (χ4v) is 2.30. The molecule has 0 aromatic rings. The summed E-state index contributed by atoms with van der Waals surface area (Å²) in [5.74, 6) is 0. The maximum Gasteiger partial charge on any atom is 0.251 e. The van der Waals surface area contributed by atoms with E-state index in [4.69, 9.17) is 0 Å². The Hall–Kier alpha value is -0.220. The molecule has 0 aromatic carbocycles. The van der Waals surface area contributed by atoms with Crippen LogP contribution in [0.2, 0.25) is 0 Å². The molecule has 1 unspecified atom stereocenters. The van der Waals surface area contributed by atoms with Gasteiger partial charge < -0.3 is 5.32 Å². The molecule has 1 aliphatic carbocycles. The van der Waals surface area contributed by atoms with Crippen LogP contribution >= 0.6 is 0 Å². The fourth-order valence-electron chi connectivity index (χ4n) is 2.30. The summed E-state index contributed by atoms with van der Waals surface area (Å²) in [7, 11) is 0. The van der Waals surface area contributed by atoms with Crippen molar-refractivity contribution < 1.29 is 8.78 Å². The van der Waals surface area contributed by atoms with Crippen LogP contribution in [0.5, 0.6) is 0 Å². The molecule has 1 heterocycles. The Bertz CT molecular complexity index is 195. The number of nitrogens with one attached hydrogen (secondary N) is 1. The van der Waals surface area contributed by atoms with Gasteiger partial charge in [0.15, 0.2) is 0 Å². The first-order valence-corrected chi connectivity index (χ1v) is 6.01. The third-order valence-electron chi connectivity index (χ3n) is 3.34. The fraction of sp³-hybridized carbons (Fsp3) is 1.00. The highest BCUT2D eigenvalue weighted by molar-refractivity contribution is 4.85. The second kappa shape index (κ2) is 5.21. The Morgan fingerprint density at radius 3 is 2.67 bits per heavy atom. The zero-order valence-corrected chi connectivity index (χ0v) is 9.09. The van der Waals surface area contributed by atoms with Crippen molar-refractivity contribution in [1.82, 2.24) is 10.2 Å². The number of hydrogen-bond acceptors (Lipinski definition) is 2. The Balaban J connectivity index is 1.75.